The molecule has 0 aliphatic carbocycles. The maximum absolute atomic E-state index is 12.0. The number of nitrogens with zero attached hydrogens (tertiary/aromatic N) is 1. The zero-order chi connectivity index (χ0) is 13.8. The molecule has 0 saturated heterocycles. The van der Waals surface area contributed by atoms with Crippen molar-refractivity contribution in [3.63, 3.8) is 0 Å². The van der Waals surface area contributed by atoms with Crippen LogP contribution in [0.3, 0.4) is 0 Å². The van der Waals surface area contributed by atoms with Crippen LogP contribution in [0.2, 0.25) is 0 Å². The Hall–Kier alpha value is -2.74. The lowest BCUT2D eigenvalue weighted by Gasteiger charge is -1.99. The minimum atomic E-state index is 0.0143. The average molecular weight is 259 g/mol. The Kier molecular flexibility index (Phi) is 3.38. The normalized spacial score (nSPS) is 11.0. The van der Waals surface area contributed by atoms with Crippen molar-refractivity contribution in [3.8, 4) is 0 Å². The van der Waals surface area contributed by atoms with Crippen LogP contribution < -0.4 is 0 Å². The molecule has 0 saturated carbocycles. The molecule has 1 aromatic heterocycles. The van der Waals surface area contributed by atoms with Crippen LogP contribution in [0.15, 0.2) is 73.1 Å². The van der Waals surface area contributed by atoms with Gasteiger partial charge in [-0.1, -0.05) is 48.5 Å². The Labute approximate surface area is 117 Å². The molecule has 96 valence electrons. The van der Waals surface area contributed by atoms with E-state index in [1.54, 1.807) is 12.3 Å². The second-order valence-electron chi connectivity index (χ2n) is 4.55. The van der Waals surface area contributed by atoms with E-state index in [1.165, 1.54) is 0 Å². The summed E-state index contributed by atoms with van der Waals surface area (Å²) in [6, 6.07) is 17.3. The molecular formula is C18H13NO. The Morgan fingerprint density at radius 3 is 2.65 bits per heavy atom. The summed E-state index contributed by atoms with van der Waals surface area (Å²) in [5, 5.41) is 2.22. The van der Waals surface area contributed by atoms with Gasteiger partial charge in [0.25, 0.3) is 0 Å². The molecule has 0 unspecified atom stereocenters. The van der Waals surface area contributed by atoms with E-state index in [0.29, 0.717) is 5.56 Å². The van der Waals surface area contributed by atoms with E-state index in [1.807, 2.05) is 66.9 Å². The molecule has 3 rings (SSSR count). The van der Waals surface area contributed by atoms with Gasteiger partial charge < -0.3 is 0 Å². The van der Waals surface area contributed by atoms with E-state index in [2.05, 4.69) is 4.98 Å². The lowest BCUT2D eigenvalue weighted by molar-refractivity contribution is 0.104. The Morgan fingerprint density at radius 2 is 1.80 bits per heavy atom. The van der Waals surface area contributed by atoms with Crippen molar-refractivity contribution in [3.05, 3.63) is 84.2 Å². The predicted molar refractivity (Wildman–Crippen MR) is 81.5 cm³/mol. The second-order valence-corrected chi connectivity index (χ2v) is 4.55. The van der Waals surface area contributed by atoms with Gasteiger partial charge in [-0.2, -0.15) is 0 Å². The van der Waals surface area contributed by atoms with Gasteiger partial charge in [0.2, 0.25) is 0 Å². The summed E-state index contributed by atoms with van der Waals surface area (Å²) in [7, 11) is 0. The molecule has 0 fully saturated rings. The number of ketones is 1. The predicted octanol–water partition coefficient (Wildman–Crippen LogP) is 4.13. The molecule has 0 bridgehead atoms. The second kappa shape index (κ2) is 5.49. The number of benzene rings is 2. The number of carbonyl (C=O) groups excluding carboxylic acids is 1. The standard InChI is InChI=1S/C18H13NO/c20-18(15-4-2-1-3-5-15)9-7-14-6-8-17-13-19-11-10-16(17)12-14/h1-13H/b9-7+. The monoisotopic (exact) mass is 259 g/mol. The SMILES string of the molecule is O=C(/C=C/c1ccc2cnccc2c1)c1ccccc1. The fourth-order valence-electron chi connectivity index (χ4n) is 2.08. The lowest BCUT2D eigenvalue weighted by atomic mass is 10.1. The molecule has 2 heteroatoms. The van der Waals surface area contributed by atoms with Crippen molar-refractivity contribution in [1.29, 1.82) is 0 Å². The summed E-state index contributed by atoms with van der Waals surface area (Å²) in [6.45, 7) is 0. The Morgan fingerprint density at radius 1 is 0.950 bits per heavy atom. The zero-order valence-electron chi connectivity index (χ0n) is 10.9. The Balaban J connectivity index is 1.85. The van der Waals surface area contributed by atoms with E-state index in [4.69, 9.17) is 0 Å². The van der Waals surface area contributed by atoms with Gasteiger partial charge in [-0.05, 0) is 29.2 Å². The van der Waals surface area contributed by atoms with Gasteiger partial charge >= 0.3 is 0 Å². The summed E-state index contributed by atoms with van der Waals surface area (Å²) in [4.78, 5) is 16.1. The molecule has 1 heterocycles. The van der Waals surface area contributed by atoms with Gasteiger partial charge in [0.1, 0.15) is 0 Å². The molecule has 2 nitrogen and oxygen atoms in total. The summed E-state index contributed by atoms with van der Waals surface area (Å²) in [6.07, 6.45) is 7.05. The van der Waals surface area contributed by atoms with Gasteiger partial charge in [-0.15, -0.1) is 0 Å². The van der Waals surface area contributed by atoms with E-state index in [0.717, 1.165) is 16.3 Å². The zero-order valence-corrected chi connectivity index (χ0v) is 10.9. The van der Waals surface area contributed by atoms with Crippen molar-refractivity contribution >= 4 is 22.6 Å². The van der Waals surface area contributed by atoms with Crippen molar-refractivity contribution in [1.82, 2.24) is 4.98 Å². The fraction of sp³-hybridized carbons (Fsp3) is 0. The molecule has 0 aliphatic heterocycles. The highest BCUT2D eigenvalue weighted by Gasteiger charge is 1.99. The van der Waals surface area contributed by atoms with Crippen LogP contribution in [0.1, 0.15) is 15.9 Å². The van der Waals surface area contributed by atoms with E-state index >= 15 is 0 Å². The topological polar surface area (TPSA) is 30.0 Å². The van der Waals surface area contributed by atoms with Gasteiger partial charge in [0.15, 0.2) is 5.78 Å². The molecular weight excluding hydrogens is 246 g/mol. The average Bonchev–Trinajstić information content (AvgIpc) is 2.53. The van der Waals surface area contributed by atoms with E-state index in [9.17, 15) is 4.79 Å². The first kappa shape index (κ1) is 12.3. The van der Waals surface area contributed by atoms with Crippen LogP contribution in [0.25, 0.3) is 16.8 Å². The minimum Gasteiger partial charge on any atom is -0.289 e. The van der Waals surface area contributed by atoms with Crippen molar-refractivity contribution in [2.24, 2.45) is 0 Å². The van der Waals surface area contributed by atoms with E-state index < -0.39 is 0 Å². The van der Waals surface area contributed by atoms with Crippen molar-refractivity contribution in [2.75, 3.05) is 0 Å². The maximum atomic E-state index is 12.0. The number of rotatable bonds is 3. The number of pyridine rings is 1. The number of carbonyl (C=O) groups is 1. The Bertz CT molecular complexity index is 776. The van der Waals surface area contributed by atoms with Gasteiger partial charge in [0, 0.05) is 23.3 Å². The molecule has 0 radical (unpaired) electrons. The van der Waals surface area contributed by atoms with Crippen LogP contribution in [0.5, 0.6) is 0 Å². The molecule has 0 amide bonds. The van der Waals surface area contributed by atoms with Crippen LogP contribution in [0, 0.1) is 0 Å². The third-order valence-electron chi connectivity index (χ3n) is 3.15. The van der Waals surface area contributed by atoms with Crippen LogP contribution in [0.4, 0.5) is 0 Å². The van der Waals surface area contributed by atoms with Crippen LogP contribution in [-0.4, -0.2) is 10.8 Å². The molecule has 2 aromatic carbocycles. The largest absolute Gasteiger partial charge is 0.289 e. The fourth-order valence-corrected chi connectivity index (χ4v) is 2.08. The molecule has 0 atom stereocenters. The highest BCUT2D eigenvalue weighted by molar-refractivity contribution is 6.06. The summed E-state index contributed by atoms with van der Waals surface area (Å²) >= 11 is 0. The summed E-state index contributed by atoms with van der Waals surface area (Å²) in [5.74, 6) is 0.0143. The van der Waals surface area contributed by atoms with Crippen LogP contribution >= 0.6 is 0 Å². The number of hydrogen-bond acceptors (Lipinski definition) is 2. The summed E-state index contributed by atoms with van der Waals surface area (Å²) < 4.78 is 0. The number of allylic oxidation sites excluding steroid dienone is 1. The van der Waals surface area contributed by atoms with Crippen LogP contribution in [-0.2, 0) is 0 Å². The molecule has 0 N–H and O–H groups in total. The lowest BCUT2D eigenvalue weighted by Crippen LogP contribution is -1.92. The van der Waals surface area contributed by atoms with Gasteiger partial charge in [0.05, 0.1) is 0 Å². The highest BCUT2D eigenvalue weighted by atomic mass is 16.1. The highest BCUT2D eigenvalue weighted by Crippen LogP contribution is 2.15. The third-order valence-corrected chi connectivity index (χ3v) is 3.15. The molecule has 0 spiro atoms. The smallest absolute Gasteiger partial charge is 0.185 e. The number of hydrogen-bond donors (Lipinski definition) is 0. The van der Waals surface area contributed by atoms with E-state index in [-0.39, 0.29) is 5.78 Å². The van der Waals surface area contributed by atoms with Gasteiger partial charge in [-0.3, -0.25) is 9.78 Å². The number of aromatic nitrogens is 1. The van der Waals surface area contributed by atoms with Crippen molar-refractivity contribution in [2.45, 2.75) is 0 Å². The minimum absolute atomic E-state index is 0.0143. The molecule has 0 aliphatic rings. The third kappa shape index (κ3) is 2.64. The first-order chi connectivity index (χ1) is 9.83. The first-order valence-electron chi connectivity index (χ1n) is 6.44. The maximum Gasteiger partial charge on any atom is 0.185 e. The summed E-state index contributed by atoms with van der Waals surface area (Å²) in [5.41, 5.74) is 1.71. The van der Waals surface area contributed by atoms with Gasteiger partial charge in [-0.25, -0.2) is 0 Å². The molecule has 20 heavy (non-hydrogen) atoms. The number of fused-ring (bicyclic) bond motifs is 1. The first-order valence-corrected chi connectivity index (χ1v) is 6.44. The van der Waals surface area contributed by atoms with Crippen molar-refractivity contribution < 1.29 is 4.79 Å². The quantitative estimate of drug-likeness (QED) is 0.523. The molecule has 3 aromatic rings.